The average molecular weight is 309 g/mol. The van der Waals surface area contributed by atoms with Crippen LogP contribution >= 0.6 is 0 Å². The van der Waals surface area contributed by atoms with Crippen LogP contribution in [0.5, 0.6) is 5.75 Å². The maximum atomic E-state index is 12.5. The molecule has 4 nitrogen and oxygen atoms in total. The topological polar surface area (TPSA) is 51.5 Å². The normalized spacial score (nSPS) is 10.7. The molecule has 0 spiro atoms. The Morgan fingerprint density at radius 1 is 1.17 bits per heavy atom. The van der Waals surface area contributed by atoms with Crippen molar-refractivity contribution in [1.29, 1.82) is 0 Å². The van der Waals surface area contributed by atoms with Crippen molar-refractivity contribution in [3.63, 3.8) is 0 Å². The zero-order chi connectivity index (χ0) is 16.4. The molecule has 0 aliphatic carbocycles. The lowest BCUT2D eigenvalue weighted by Crippen LogP contribution is -2.11. The summed E-state index contributed by atoms with van der Waals surface area (Å²) in [6, 6.07) is 13.2. The molecule has 1 N–H and O–H groups in total. The van der Waals surface area contributed by atoms with Crippen molar-refractivity contribution < 1.29 is 13.9 Å². The fraction of sp³-hybridized carbons (Fsp3) is 0.211. The standard InChI is InChI=1S/C19H19NO3/c1-4-13-5-10-17-16(11-13)12(2)18(23-17)19(21)20-14-6-8-15(22-3)9-7-14/h5-11H,4H2,1-3H3,(H,20,21). The minimum atomic E-state index is -0.248. The highest BCUT2D eigenvalue weighted by Gasteiger charge is 2.18. The van der Waals surface area contributed by atoms with Crippen molar-refractivity contribution in [1.82, 2.24) is 0 Å². The highest BCUT2D eigenvalue weighted by molar-refractivity contribution is 6.06. The number of aryl methyl sites for hydroxylation is 2. The van der Waals surface area contributed by atoms with Gasteiger partial charge < -0.3 is 14.5 Å². The molecule has 4 heteroatoms. The molecule has 1 aromatic heterocycles. The molecule has 1 heterocycles. The monoisotopic (exact) mass is 309 g/mol. The first-order valence-electron chi connectivity index (χ1n) is 7.59. The second-order valence-corrected chi connectivity index (χ2v) is 5.42. The van der Waals surface area contributed by atoms with E-state index in [1.165, 1.54) is 5.56 Å². The summed E-state index contributed by atoms with van der Waals surface area (Å²) in [7, 11) is 1.61. The molecule has 2 aromatic carbocycles. The zero-order valence-electron chi connectivity index (χ0n) is 13.5. The van der Waals surface area contributed by atoms with Crippen LogP contribution in [0, 0.1) is 6.92 Å². The molecule has 0 aliphatic rings. The molecule has 3 aromatic rings. The number of fused-ring (bicyclic) bond motifs is 1. The third kappa shape index (κ3) is 2.93. The van der Waals surface area contributed by atoms with Crippen molar-refractivity contribution >= 4 is 22.6 Å². The summed E-state index contributed by atoms with van der Waals surface area (Å²) >= 11 is 0. The Kier molecular flexibility index (Phi) is 4.06. The van der Waals surface area contributed by atoms with E-state index in [0.29, 0.717) is 11.4 Å². The van der Waals surface area contributed by atoms with Crippen molar-refractivity contribution in [2.45, 2.75) is 20.3 Å². The van der Waals surface area contributed by atoms with E-state index in [4.69, 9.17) is 9.15 Å². The Labute approximate surface area is 135 Å². The SMILES string of the molecule is CCc1ccc2oc(C(=O)Nc3ccc(OC)cc3)c(C)c2c1. The Bertz CT molecular complexity index is 847. The molecule has 3 rings (SSSR count). The largest absolute Gasteiger partial charge is 0.497 e. The summed E-state index contributed by atoms with van der Waals surface area (Å²) < 4.78 is 10.8. The van der Waals surface area contributed by atoms with E-state index in [1.807, 2.05) is 19.1 Å². The van der Waals surface area contributed by atoms with Crippen LogP contribution in [0.4, 0.5) is 5.69 Å². The van der Waals surface area contributed by atoms with Gasteiger partial charge in [-0.05, 0) is 55.3 Å². The summed E-state index contributed by atoms with van der Waals surface area (Å²) in [4.78, 5) is 12.5. The molecule has 0 fully saturated rings. The van der Waals surface area contributed by atoms with Crippen molar-refractivity contribution in [2.75, 3.05) is 12.4 Å². The van der Waals surface area contributed by atoms with Gasteiger partial charge in [0, 0.05) is 16.6 Å². The molecule has 0 saturated carbocycles. The van der Waals surface area contributed by atoms with Gasteiger partial charge >= 0.3 is 0 Å². The Morgan fingerprint density at radius 2 is 1.91 bits per heavy atom. The van der Waals surface area contributed by atoms with Gasteiger partial charge in [-0.25, -0.2) is 0 Å². The maximum Gasteiger partial charge on any atom is 0.291 e. The quantitative estimate of drug-likeness (QED) is 0.768. The predicted molar refractivity (Wildman–Crippen MR) is 91.3 cm³/mol. The van der Waals surface area contributed by atoms with Crippen LogP contribution in [-0.2, 0) is 6.42 Å². The molecule has 0 unspecified atom stereocenters. The van der Waals surface area contributed by atoms with Crippen molar-refractivity contribution in [3.05, 3.63) is 59.4 Å². The molecule has 23 heavy (non-hydrogen) atoms. The van der Waals surface area contributed by atoms with Gasteiger partial charge in [0.25, 0.3) is 5.91 Å². The number of rotatable bonds is 4. The van der Waals surface area contributed by atoms with Crippen LogP contribution in [0.25, 0.3) is 11.0 Å². The molecule has 0 saturated heterocycles. The zero-order valence-corrected chi connectivity index (χ0v) is 13.5. The number of carbonyl (C=O) groups is 1. The van der Waals surface area contributed by atoms with Crippen molar-refractivity contribution in [3.8, 4) is 5.75 Å². The summed E-state index contributed by atoms with van der Waals surface area (Å²) in [6.07, 6.45) is 0.952. The number of ether oxygens (including phenoxy) is 1. The van der Waals surface area contributed by atoms with Gasteiger partial charge in [-0.1, -0.05) is 13.0 Å². The molecule has 0 aliphatic heterocycles. The third-order valence-corrected chi connectivity index (χ3v) is 3.96. The second kappa shape index (κ2) is 6.16. The number of carbonyl (C=O) groups excluding carboxylic acids is 1. The number of furan rings is 1. The fourth-order valence-electron chi connectivity index (χ4n) is 2.57. The number of benzene rings is 2. The molecule has 1 amide bonds. The number of hydrogen-bond acceptors (Lipinski definition) is 3. The second-order valence-electron chi connectivity index (χ2n) is 5.42. The van der Waals surface area contributed by atoms with E-state index in [9.17, 15) is 4.79 Å². The molecule has 0 radical (unpaired) electrons. The lowest BCUT2D eigenvalue weighted by Gasteiger charge is -2.05. The van der Waals surface area contributed by atoms with E-state index in [0.717, 1.165) is 28.7 Å². The number of methoxy groups -OCH3 is 1. The van der Waals surface area contributed by atoms with Crippen LogP contribution in [-0.4, -0.2) is 13.0 Å². The molecule has 0 bridgehead atoms. The van der Waals surface area contributed by atoms with Gasteiger partial charge in [0.05, 0.1) is 7.11 Å². The number of anilines is 1. The van der Waals surface area contributed by atoms with E-state index < -0.39 is 0 Å². The van der Waals surface area contributed by atoms with Crippen molar-refractivity contribution in [2.24, 2.45) is 0 Å². The van der Waals surface area contributed by atoms with Gasteiger partial charge in [-0.15, -0.1) is 0 Å². The lowest BCUT2D eigenvalue weighted by atomic mass is 10.1. The number of hydrogen-bond donors (Lipinski definition) is 1. The highest BCUT2D eigenvalue weighted by atomic mass is 16.5. The summed E-state index contributed by atoms with van der Waals surface area (Å²) in [5.74, 6) is 0.848. The van der Waals surface area contributed by atoms with Crippen LogP contribution in [0.3, 0.4) is 0 Å². The maximum absolute atomic E-state index is 12.5. The van der Waals surface area contributed by atoms with E-state index in [2.05, 4.69) is 18.3 Å². The van der Waals surface area contributed by atoms with Crippen LogP contribution < -0.4 is 10.1 Å². The minimum Gasteiger partial charge on any atom is -0.497 e. The lowest BCUT2D eigenvalue weighted by molar-refractivity contribution is 0.0998. The van der Waals surface area contributed by atoms with Crippen LogP contribution in [0.1, 0.15) is 28.6 Å². The number of nitrogens with one attached hydrogen (secondary N) is 1. The molecular weight excluding hydrogens is 290 g/mol. The van der Waals surface area contributed by atoms with E-state index >= 15 is 0 Å². The van der Waals surface area contributed by atoms with Crippen LogP contribution in [0.15, 0.2) is 46.9 Å². The molecule has 0 atom stereocenters. The predicted octanol–water partition coefficient (Wildman–Crippen LogP) is 4.56. The third-order valence-electron chi connectivity index (χ3n) is 3.96. The van der Waals surface area contributed by atoms with E-state index in [-0.39, 0.29) is 5.91 Å². The van der Waals surface area contributed by atoms with Gasteiger partial charge in [-0.3, -0.25) is 4.79 Å². The number of amides is 1. The first-order valence-corrected chi connectivity index (χ1v) is 7.59. The van der Waals surface area contributed by atoms with Gasteiger partial charge in [-0.2, -0.15) is 0 Å². The van der Waals surface area contributed by atoms with Crippen LogP contribution in [0.2, 0.25) is 0 Å². The molecular formula is C19H19NO3. The minimum absolute atomic E-state index is 0.248. The first-order chi connectivity index (χ1) is 11.1. The van der Waals surface area contributed by atoms with Gasteiger partial charge in [0.2, 0.25) is 0 Å². The summed E-state index contributed by atoms with van der Waals surface area (Å²) in [5, 5.41) is 3.84. The van der Waals surface area contributed by atoms with E-state index in [1.54, 1.807) is 31.4 Å². The average Bonchev–Trinajstić information content (AvgIpc) is 2.92. The summed E-state index contributed by atoms with van der Waals surface area (Å²) in [5.41, 5.74) is 3.52. The molecule has 118 valence electrons. The van der Waals surface area contributed by atoms with Gasteiger partial charge in [0.15, 0.2) is 5.76 Å². The fourth-order valence-corrected chi connectivity index (χ4v) is 2.57. The smallest absolute Gasteiger partial charge is 0.291 e. The Hall–Kier alpha value is -2.75. The summed E-state index contributed by atoms with van der Waals surface area (Å²) in [6.45, 7) is 4.02. The Morgan fingerprint density at radius 3 is 2.57 bits per heavy atom. The Balaban J connectivity index is 1.89. The highest BCUT2D eigenvalue weighted by Crippen LogP contribution is 2.27. The van der Waals surface area contributed by atoms with Gasteiger partial charge in [0.1, 0.15) is 11.3 Å². The first kappa shape index (κ1) is 15.2.